The van der Waals surface area contributed by atoms with Crippen LogP contribution in [0.15, 0.2) is 24.3 Å². The molecule has 0 unspecified atom stereocenters. The number of halogens is 1. The minimum Gasteiger partial charge on any atom is -0.303 e. The molecule has 3 heteroatoms. The summed E-state index contributed by atoms with van der Waals surface area (Å²) in [7, 11) is 0. The van der Waals surface area contributed by atoms with E-state index in [1.165, 1.54) is 18.9 Å². The van der Waals surface area contributed by atoms with E-state index >= 15 is 0 Å². The molecule has 98 valence electrons. The summed E-state index contributed by atoms with van der Waals surface area (Å²) in [6.07, 6.45) is 3.04. The van der Waals surface area contributed by atoms with Gasteiger partial charge >= 0.3 is 0 Å². The molecule has 0 heterocycles. The first-order valence-electron chi connectivity index (χ1n) is 6.70. The summed E-state index contributed by atoms with van der Waals surface area (Å²) in [5, 5.41) is 0. The van der Waals surface area contributed by atoms with E-state index in [0.717, 1.165) is 25.6 Å². The Morgan fingerprint density at radius 1 is 1.39 bits per heavy atom. The second-order valence-corrected chi connectivity index (χ2v) is 4.99. The first kappa shape index (κ1) is 13.2. The largest absolute Gasteiger partial charge is 0.303 e. The smallest absolute Gasteiger partial charge is 0.167 e. The fourth-order valence-electron chi connectivity index (χ4n) is 2.13. The first-order valence-corrected chi connectivity index (χ1v) is 6.70. The number of carbonyl (C=O) groups excluding carboxylic acids is 1. The number of ketones is 1. The molecule has 1 aliphatic rings. The fraction of sp³-hybridized carbons (Fsp3) is 0.533. The van der Waals surface area contributed by atoms with Gasteiger partial charge in [-0.1, -0.05) is 19.1 Å². The van der Waals surface area contributed by atoms with Gasteiger partial charge in [0.05, 0.1) is 5.56 Å². The molecular weight excluding hydrogens is 229 g/mol. The van der Waals surface area contributed by atoms with Crippen molar-refractivity contribution in [3.05, 3.63) is 35.6 Å². The Labute approximate surface area is 108 Å². The maximum Gasteiger partial charge on any atom is 0.167 e. The molecule has 1 aromatic carbocycles. The molecular formula is C15H20FNO. The minimum atomic E-state index is -0.409. The lowest BCUT2D eigenvalue weighted by Crippen LogP contribution is -2.28. The first-order chi connectivity index (χ1) is 8.70. The highest BCUT2D eigenvalue weighted by molar-refractivity contribution is 5.96. The van der Waals surface area contributed by atoms with Crippen LogP contribution >= 0.6 is 0 Å². The number of hydrogen-bond donors (Lipinski definition) is 0. The van der Waals surface area contributed by atoms with E-state index in [4.69, 9.17) is 0 Å². The Morgan fingerprint density at radius 3 is 2.72 bits per heavy atom. The molecule has 1 aromatic rings. The Kier molecular flexibility index (Phi) is 4.48. The van der Waals surface area contributed by atoms with Gasteiger partial charge in [0.25, 0.3) is 0 Å². The number of hydrogen-bond acceptors (Lipinski definition) is 2. The van der Waals surface area contributed by atoms with Gasteiger partial charge in [0.15, 0.2) is 5.78 Å². The molecule has 0 radical (unpaired) electrons. The molecule has 2 nitrogen and oxygen atoms in total. The van der Waals surface area contributed by atoms with E-state index in [9.17, 15) is 9.18 Å². The van der Waals surface area contributed by atoms with E-state index < -0.39 is 5.82 Å². The SMILES string of the molecule is CCN(CCC(=O)c1ccccc1F)CC1CC1. The highest BCUT2D eigenvalue weighted by Gasteiger charge is 2.23. The number of nitrogens with zero attached hydrogens (tertiary/aromatic N) is 1. The quantitative estimate of drug-likeness (QED) is 0.692. The summed E-state index contributed by atoms with van der Waals surface area (Å²) >= 11 is 0. The van der Waals surface area contributed by atoms with Crippen molar-refractivity contribution in [2.45, 2.75) is 26.2 Å². The second-order valence-electron chi connectivity index (χ2n) is 4.99. The third-order valence-electron chi connectivity index (χ3n) is 3.49. The van der Waals surface area contributed by atoms with Gasteiger partial charge in [-0.25, -0.2) is 4.39 Å². The zero-order valence-corrected chi connectivity index (χ0v) is 10.9. The normalized spacial score (nSPS) is 15.1. The zero-order chi connectivity index (χ0) is 13.0. The number of rotatable bonds is 7. The molecule has 0 amide bonds. The predicted octanol–water partition coefficient (Wildman–Crippen LogP) is 3.13. The van der Waals surface area contributed by atoms with Crippen molar-refractivity contribution in [2.24, 2.45) is 5.92 Å². The van der Waals surface area contributed by atoms with Gasteiger partial charge in [-0.15, -0.1) is 0 Å². The van der Waals surface area contributed by atoms with Crippen LogP contribution in [-0.4, -0.2) is 30.3 Å². The lowest BCUT2D eigenvalue weighted by Gasteiger charge is -2.19. The van der Waals surface area contributed by atoms with Crippen molar-refractivity contribution in [1.29, 1.82) is 0 Å². The van der Waals surface area contributed by atoms with Crippen molar-refractivity contribution in [3.63, 3.8) is 0 Å². The molecule has 1 saturated carbocycles. The summed E-state index contributed by atoms with van der Waals surface area (Å²) < 4.78 is 13.4. The summed E-state index contributed by atoms with van der Waals surface area (Å²) in [6.45, 7) is 4.89. The standard InChI is InChI=1S/C15H20FNO/c1-2-17(11-12-7-8-12)10-9-15(18)13-5-3-4-6-14(13)16/h3-6,12H,2,7-11H2,1H3. The molecule has 0 bridgehead atoms. The lowest BCUT2D eigenvalue weighted by molar-refractivity contribution is 0.0960. The predicted molar refractivity (Wildman–Crippen MR) is 70.2 cm³/mol. The molecule has 18 heavy (non-hydrogen) atoms. The van der Waals surface area contributed by atoms with E-state index in [-0.39, 0.29) is 11.3 Å². The van der Waals surface area contributed by atoms with Crippen LogP contribution in [-0.2, 0) is 0 Å². The topological polar surface area (TPSA) is 20.3 Å². The Hall–Kier alpha value is -1.22. The molecule has 2 rings (SSSR count). The van der Waals surface area contributed by atoms with Gasteiger partial charge in [-0.05, 0) is 37.4 Å². The highest BCUT2D eigenvalue weighted by atomic mass is 19.1. The van der Waals surface area contributed by atoms with E-state index in [1.54, 1.807) is 18.2 Å². The third kappa shape index (κ3) is 3.64. The van der Waals surface area contributed by atoms with E-state index in [0.29, 0.717) is 6.42 Å². The molecule has 0 spiro atoms. The number of benzene rings is 1. The molecule has 1 aliphatic carbocycles. The Morgan fingerprint density at radius 2 is 2.11 bits per heavy atom. The van der Waals surface area contributed by atoms with Crippen molar-refractivity contribution < 1.29 is 9.18 Å². The zero-order valence-electron chi connectivity index (χ0n) is 10.9. The Bertz CT molecular complexity index is 415. The van der Waals surface area contributed by atoms with Gasteiger partial charge in [0.1, 0.15) is 5.82 Å². The van der Waals surface area contributed by atoms with Crippen LogP contribution in [0.4, 0.5) is 4.39 Å². The molecule has 0 atom stereocenters. The number of carbonyl (C=O) groups is 1. The molecule has 0 aliphatic heterocycles. The third-order valence-corrected chi connectivity index (χ3v) is 3.49. The average Bonchev–Trinajstić information content (AvgIpc) is 3.18. The van der Waals surface area contributed by atoms with E-state index in [1.807, 2.05) is 0 Å². The van der Waals surface area contributed by atoms with E-state index in [2.05, 4.69) is 11.8 Å². The maximum atomic E-state index is 13.4. The van der Waals surface area contributed by atoms with Crippen molar-refractivity contribution >= 4 is 5.78 Å². The van der Waals surface area contributed by atoms with Crippen molar-refractivity contribution in [3.8, 4) is 0 Å². The molecule has 0 saturated heterocycles. The van der Waals surface area contributed by atoms with Crippen LogP contribution in [0.1, 0.15) is 36.5 Å². The van der Waals surface area contributed by atoms with Crippen LogP contribution in [0.25, 0.3) is 0 Å². The van der Waals surface area contributed by atoms with Gasteiger partial charge in [0, 0.05) is 19.5 Å². The fourth-order valence-corrected chi connectivity index (χ4v) is 2.13. The van der Waals surface area contributed by atoms with Crippen LogP contribution < -0.4 is 0 Å². The summed E-state index contributed by atoms with van der Waals surface area (Å²) in [5.41, 5.74) is 0.222. The maximum absolute atomic E-state index is 13.4. The van der Waals surface area contributed by atoms with Crippen LogP contribution in [0.2, 0.25) is 0 Å². The lowest BCUT2D eigenvalue weighted by atomic mass is 10.1. The monoisotopic (exact) mass is 249 g/mol. The van der Waals surface area contributed by atoms with Gasteiger partial charge < -0.3 is 4.90 Å². The highest BCUT2D eigenvalue weighted by Crippen LogP contribution is 2.29. The summed E-state index contributed by atoms with van der Waals surface area (Å²) in [5.74, 6) is 0.323. The second kappa shape index (κ2) is 6.10. The Balaban J connectivity index is 1.85. The molecule has 0 aromatic heterocycles. The summed E-state index contributed by atoms with van der Waals surface area (Å²) in [6, 6.07) is 6.22. The average molecular weight is 249 g/mol. The van der Waals surface area contributed by atoms with Gasteiger partial charge in [-0.3, -0.25) is 4.79 Å². The summed E-state index contributed by atoms with van der Waals surface area (Å²) in [4.78, 5) is 14.2. The molecule has 1 fully saturated rings. The van der Waals surface area contributed by atoms with Gasteiger partial charge in [0.2, 0.25) is 0 Å². The number of Topliss-reactive ketones (excluding diaryl/α,β-unsaturated/α-hetero) is 1. The van der Waals surface area contributed by atoms with Gasteiger partial charge in [-0.2, -0.15) is 0 Å². The van der Waals surface area contributed by atoms with Crippen molar-refractivity contribution in [2.75, 3.05) is 19.6 Å². The van der Waals surface area contributed by atoms with Crippen LogP contribution in [0.5, 0.6) is 0 Å². The van der Waals surface area contributed by atoms with Crippen molar-refractivity contribution in [1.82, 2.24) is 4.90 Å². The van der Waals surface area contributed by atoms with Crippen LogP contribution in [0.3, 0.4) is 0 Å². The molecule has 0 N–H and O–H groups in total. The minimum absolute atomic E-state index is 0.0950. The van der Waals surface area contributed by atoms with Crippen LogP contribution in [0, 0.1) is 11.7 Å².